The van der Waals surface area contributed by atoms with Gasteiger partial charge in [-0.25, -0.2) is 0 Å². The predicted molar refractivity (Wildman–Crippen MR) is 132 cm³/mol. The summed E-state index contributed by atoms with van der Waals surface area (Å²) in [4.78, 5) is 46.5. The van der Waals surface area contributed by atoms with E-state index >= 15 is 0 Å². The van der Waals surface area contributed by atoms with E-state index in [1.165, 1.54) is 12.8 Å². The van der Waals surface area contributed by atoms with Crippen molar-refractivity contribution in [3.8, 4) is 11.5 Å². The number of nitrogens with zero attached hydrogens (tertiary/aromatic N) is 4. The molecule has 3 fully saturated rings. The Morgan fingerprint density at radius 3 is 1.94 bits per heavy atom. The van der Waals surface area contributed by atoms with E-state index in [4.69, 9.17) is 9.47 Å². The Bertz CT molecular complexity index is 916. The molecule has 0 spiro atoms. The summed E-state index contributed by atoms with van der Waals surface area (Å²) < 4.78 is 10.6. The van der Waals surface area contributed by atoms with E-state index in [-0.39, 0.29) is 23.8 Å². The summed E-state index contributed by atoms with van der Waals surface area (Å²) in [6.07, 6.45) is 4.50. The van der Waals surface area contributed by atoms with Crippen LogP contribution < -0.4 is 9.47 Å². The number of hydrogen-bond acceptors (Lipinski definition) is 6. The van der Waals surface area contributed by atoms with Crippen molar-refractivity contribution in [1.29, 1.82) is 0 Å². The lowest BCUT2D eigenvalue weighted by atomic mass is 9.94. The molecular formula is C26H38N4O5. The number of hydrogen-bond donors (Lipinski definition) is 0. The van der Waals surface area contributed by atoms with Crippen LogP contribution >= 0.6 is 0 Å². The SMILES string of the molecule is COc1ccc(C(=O)N2CCN([C@@H](C(=O)N3CCN(C(C)=O)CC3)C3CCCC3)CC2)cc1OC. The molecule has 0 bridgehead atoms. The van der Waals surface area contributed by atoms with Gasteiger partial charge in [-0.05, 0) is 37.0 Å². The average molecular weight is 487 g/mol. The molecule has 0 radical (unpaired) electrons. The molecule has 3 amide bonds. The van der Waals surface area contributed by atoms with Crippen LogP contribution in [-0.2, 0) is 9.59 Å². The van der Waals surface area contributed by atoms with Crippen LogP contribution in [0.2, 0.25) is 0 Å². The Hall–Kier alpha value is -2.81. The van der Waals surface area contributed by atoms with E-state index in [2.05, 4.69) is 4.90 Å². The van der Waals surface area contributed by atoms with Crippen molar-refractivity contribution in [2.75, 3.05) is 66.6 Å². The molecule has 1 aromatic carbocycles. The van der Waals surface area contributed by atoms with Crippen LogP contribution in [0.5, 0.6) is 11.5 Å². The smallest absolute Gasteiger partial charge is 0.254 e. The van der Waals surface area contributed by atoms with Gasteiger partial charge in [-0.15, -0.1) is 0 Å². The summed E-state index contributed by atoms with van der Waals surface area (Å²) in [5, 5.41) is 0. The molecule has 9 nitrogen and oxygen atoms in total. The Morgan fingerprint density at radius 1 is 0.800 bits per heavy atom. The van der Waals surface area contributed by atoms with Gasteiger partial charge in [0.1, 0.15) is 0 Å². The number of ether oxygens (including phenoxy) is 2. The number of rotatable bonds is 6. The summed E-state index contributed by atoms with van der Waals surface area (Å²) in [7, 11) is 3.13. The summed E-state index contributed by atoms with van der Waals surface area (Å²) in [6.45, 7) is 6.51. The number of benzene rings is 1. The largest absolute Gasteiger partial charge is 0.493 e. The molecule has 1 saturated carbocycles. The van der Waals surface area contributed by atoms with E-state index in [1.807, 2.05) is 14.7 Å². The molecule has 35 heavy (non-hydrogen) atoms. The fourth-order valence-electron chi connectivity index (χ4n) is 5.71. The predicted octanol–water partition coefficient (Wildman–Crippen LogP) is 1.71. The minimum Gasteiger partial charge on any atom is -0.493 e. The van der Waals surface area contributed by atoms with Gasteiger partial charge < -0.3 is 24.2 Å². The molecule has 1 aromatic rings. The van der Waals surface area contributed by atoms with Crippen LogP contribution in [0.25, 0.3) is 0 Å². The highest BCUT2D eigenvalue weighted by atomic mass is 16.5. The fourth-order valence-corrected chi connectivity index (χ4v) is 5.71. The third kappa shape index (κ3) is 5.55. The third-order valence-electron chi connectivity index (χ3n) is 7.76. The van der Waals surface area contributed by atoms with Crippen molar-refractivity contribution in [1.82, 2.24) is 19.6 Å². The van der Waals surface area contributed by atoms with E-state index in [1.54, 1.807) is 39.3 Å². The maximum atomic E-state index is 13.7. The molecule has 2 heterocycles. The van der Waals surface area contributed by atoms with Gasteiger partial charge in [0.15, 0.2) is 11.5 Å². The molecule has 1 atom stereocenters. The fraction of sp³-hybridized carbons (Fsp3) is 0.654. The Labute approximate surface area is 207 Å². The van der Waals surface area contributed by atoms with Gasteiger partial charge in [0.2, 0.25) is 11.8 Å². The number of carbonyl (C=O) groups excluding carboxylic acids is 3. The zero-order valence-electron chi connectivity index (χ0n) is 21.2. The third-order valence-corrected chi connectivity index (χ3v) is 7.76. The van der Waals surface area contributed by atoms with Gasteiger partial charge in [0.05, 0.1) is 20.3 Å². The molecule has 2 aliphatic heterocycles. The van der Waals surface area contributed by atoms with Crippen LogP contribution in [0.3, 0.4) is 0 Å². The second-order valence-corrected chi connectivity index (χ2v) is 9.72. The van der Waals surface area contributed by atoms with Crippen LogP contribution in [0.4, 0.5) is 0 Å². The number of amides is 3. The van der Waals surface area contributed by atoms with Crippen LogP contribution in [-0.4, -0.2) is 110 Å². The van der Waals surface area contributed by atoms with Gasteiger partial charge in [-0.1, -0.05) is 12.8 Å². The summed E-state index contributed by atoms with van der Waals surface area (Å²) in [5.41, 5.74) is 0.572. The van der Waals surface area contributed by atoms with Crippen molar-refractivity contribution in [3.05, 3.63) is 23.8 Å². The van der Waals surface area contributed by atoms with Crippen LogP contribution in [0.1, 0.15) is 43.0 Å². The van der Waals surface area contributed by atoms with Gasteiger partial charge in [-0.2, -0.15) is 0 Å². The number of carbonyl (C=O) groups is 3. The quantitative estimate of drug-likeness (QED) is 0.609. The lowest BCUT2D eigenvalue weighted by molar-refractivity contribution is -0.144. The summed E-state index contributed by atoms with van der Waals surface area (Å²) in [6, 6.07) is 5.10. The van der Waals surface area contributed by atoms with E-state index in [0.29, 0.717) is 75.3 Å². The Kier molecular flexibility index (Phi) is 8.15. The monoisotopic (exact) mass is 486 g/mol. The summed E-state index contributed by atoms with van der Waals surface area (Å²) in [5.74, 6) is 1.72. The molecule has 3 aliphatic rings. The maximum Gasteiger partial charge on any atom is 0.254 e. The van der Waals surface area contributed by atoms with Crippen molar-refractivity contribution >= 4 is 17.7 Å². The van der Waals surface area contributed by atoms with Gasteiger partial charge in [0, 0.05) is 64.8 Å². The number of methoxy groups -OCH3 is 2. The van der Waals surface area contributed by atoms with Gasteiger partial charge >= 0.3 is 0 Å². The Morgan fingerprint density at radius 2 is 1.37 bits per heavy atom. The van der Waals surface area contributed by atoms with Gasteiger partial charge in [-0.3, -0.25) is 19.3 Å². The van der Waals surface area contributed by atoms with Crippen LogP contribution in [0, 0.1) is 5.92 Å². The first-order valence-electron chi connectivity index (χ1n) is 12.7. The molecule has 9 heteroatoms. The standard InChI is InChI=1S/C26H38N4O5/c1-19(31)27-10-14-30(15-11-27)26(33)24(20-6-4-5-7-20)28-12-16-29(17-13-28)25(32)21-8-9-22(34-2)23(18-21)35-3/h8-9,18,20,24H,4-7,10-17H2,1-3H3/t24-/m1/s1. The lowest BCUT2D eigenvalue weighted by Crippen LogP contribution is -2.60. The first kappa shape index (κ1) is 25.3. The molecule has 192 valence electrons. The molecule has 2 saturated heterocycles. The highest BCUT2D eigenvalue weighted by Gasteiger charge is 2.40. The summed E-state index contributed by atoms with van der Waals surface area (Å²) >= 11 is 0. The molecular weight excluding hydrogens is 448 g/mol. The zero-order valence-corrected chi connectivity index (χ0v) is 21.2. The molecule has 1 aliphatic carbocycles. The molecule has 0 aromatic heterocycles. The maximum absolute atomic E-state index is 13.7. The van der Waals surface area contributed by atoms with Crippen molar-refractivity contribution in [2.24, 2.45) is 5.92 Å². The lowest BCUT2D eigenvalue weighted by Gasteiger charge is -2.44. The normalized spacial score (nSPS) is 20.6. The second-order valence-electron chi connectivity index (χ2n) is 9.72. The van der Waals surface area contributed by atoms with Gasteiger partial charge in [0.25, 0.3) is 5.91 Å². The first-order valence-corrected chi connectivity index (χ1v) is 12.7. The van der Waals surface area contributed by atoms with E-state index in [9.17, 15) is 14.4 Å². The van der Waals surface area contributed by atoms with Crippen molar-refractivity contribution in [2.45, 2.75) is 38.6 Å². The number of piperazine rings is 2. The van der Waals surface area contributed by atoms with E-state index in [0.717, 1.165) is 12.8 Å². The zero-order chi connectivity index (χ0) is 24.9. The molecule has 0 N–H and O–H groups in total. The molecule has 0 unspecified atom stereocenters. The van der Waals surface area contributed by atoms with Crippen LogP contribution in [0.15, 0.2) is 18.2 Å². The second kappa shape index (κ2) is 11.3. The van der Waals surface area contributed by atoms with E-state index < -0.39 is 0 Å². The minimum absolute atomic E-state index is 0.0327. The van der Waals surface area contributed by atoms with Crippen molar-refractivity contribution in [3.63, 3.8) is 0 Å². The molecule has 4 rings (SSSR count). The highest BCUT2D eigenvalue weighted by molar-refractivity contribution is 5.95. The highest BCUT2D eigenvalue weighted by Crippen LogP contribution is 2.33. The average Bonchev–Trinajstić information content (AvgIpc) is 3.42. The first-order chi connectivity index (χ1) is 16.9. The minimum atomic E-state index is -0.139. The van der Waals surface area contributed by atoms with Crippen molar-refractivity contribution < 1.29 is 23.9 Å². The Balaban J connectivity index is 1.41. The topological polar surface area (TPSA) is 82.6 Å².